The fourth-order valence-electron chi connectivity index (χ4n) is 3.64. The first-order valence-electron chi connectivity index (χ1n) is 9.05. The van der Waals surface area contributed by atoms with Gasteiger partial charge in [0.05, 0.1) is 13.0 Å². The third-order valence-corrected chi connectivity index (χ3v) is 4.84. The van der Waals surface area contributed by atoms with E-state index in [0.29, 0.717) is 12.8 Å². The van der Waals surface area contributed by atoms with Crippen LogP contribution >= 0.6 is 0 Å². The third-order valence-electron chi connectivity index (χ3n) is 4.84. The molecule has 0 radical (unpaired) electrons. The summed E-state index contributed by atoms with van der Waals surface area (Å²) in [6.07, 6.45) is 3.91. The molecule has 0 bridgehead atoms. The number of carbonyl (C=O) groups excluding carboxylic acids is 3. The van der Waals surface area contributed by atoms with Crippen LogP contribution in [0.2, 0.25) is 0 Å². The van der Waals surface area contributed by atoms with Crippen LogP contribution in [0.5, 0.6) is 0 Å². The van der Waals surface area contributed by atoms with Gasteiger partial charge in [0, 0.05) is 18.0 Å². The Bertz CT molecular complexity index is 514. The molecule has 0 heterocycles. The number of hydrogen-bond acceptors (Lipinski definition) is 5. The van der Waals surface area contributed by atoms with E-state index in [1.165, 1.54) is 7.11 Å². The van der Waals surface area contributed by atoms with E-state index in [1.807, 2.05) is 20.8 Å². The molecule has 0 saturated heterocycles. The van der Waals surface area contributed by atoms with Gasteiger partial charge in [0.2, 0.25) is 5.91 Å². The van der Waals surface area contributed by atoms with Crippen LogP contribution in [0.25, 0.3) is 0 Å². The molecule has 7 heteroatoms. The van der Waals surface area contributed by atoms with Gasteiger partial charge in [-0.15, -0.1) is 0 Å². The fraction of sp³-hybridized carbons (Fsp3) is 0.833. The maximum Gasteiger partial charge on any atom is 0.407 e. The van der Waals surface area contributed by atoms with E-state index >= 15 is 0 Å². The van der Waals surface area contributed by atoms with Crippen LogP contribution < -0.4 is 10.6 Å². The second-order valence-electron chi connectivity index (χ2n) is 8.09. The highest BCUT2D eigenvalue weighted by molar-refractivity contribution is 5.80. The van der Waals surface area contributed by atoms with Gasteiger partial charge in [-0.05, 0) is 59.3 Å². The first-order valence-corrected chi connectivity index (χ1v) is 9.05. The molecule has 2 aliphatic carbocycles. The Morgan fingerprint density at radius 1 is 0.880 bits per heavy atom. The van der Waals surface area contributed by atoms with Crippen molar-refractivity contribution in [3.8, 4) is 0 Å². The van der Waals surface area contributed by atoms with Crippen LogP contribution in [0.1, 0.15) is 59.3 Å². The Balaban J connectivity index is 1.73. The van der Waals surface area contributed by atoms with Crippen molar-refractivity contribution in [1.29, 1.82) is 0 Å². The van der Waals surface area contributed by atoms with Crippen molar-refractivity contribution in [2.75, 3.05) is 7.11 Å². The van der Waals surface area contributed by atoms with Crippen molar-refractivity contribution >= 4 is 18.0 Å². The standard InChI is InChI=1S/C18H30N2O5/c1-18(2,3)25-17(23)20-14-7-5-11(9-14)15(21)19-13-8-6-12(10-13)16(22)24-4/h11-14H,5-10H2,1-4H3,(H,19,21)(H,20,23)/t11-,12-,13-,14-/m1/s1. The quantitative estimate of drug-likeness (QED) is 0.755. The Hall–Kier alpha value is -1.79. The molecule has 0 spiro atoms. The third kappa shape index (κ3) is 5.90. The zero-order chi connectivity index (χ0) is 18.6. The molecule has 7 nitrogen and oxygen atoms in total. The molecule has 2 fully saturated rings. The molecule has 0 aromatic heterocycles. The Morgan fingerprint density at radius 3 is 2.04 bits per heavy atom. The van der Waals surface area contributed by atoms with Crippen molar-refractivity contribution in [2.45, 2.75) is 77.0 Å². The summed E-state index contributed by atoms with van der Waals surface area (Å²) in [5.74, 6) is -0.388. The number of hydrogen-bond donors (Lipinski definition) is 2. The predicted molar refractivity (Wildman–Crippen MR) is 91.8 cm³/mol. The number of alkyl carbamates (subject to hydrolysis) is 1. The maximum absolute atomic E-state index is 12.4. The first-order chi connectivity index (χ1) is 11.7. The maximum atomic E-state index is 12.4. The van der Waals surface area contributed by atoms with Crippen LogP contribution in [0.4, 0.5) is 4.79 Å². The molecule has 2 amide bonds. The molecule has 0 unspecified atom stereocenters. The summed E-state index contributed by atoms with van der Waals surface area (Å²) in [5, 5.41) is 5.89. The molecule has 0 aromatic rings. The molecular weight excluding hydrogens is 324 g/mol. The SMILES string of the molecule is COC(=O)[C@@H]1CC[C@@H](NC(=O)[C@@H]2CC[C@@H](NC(=O)OC(C)(C)C)C2)C1. The van der Waals surface area contributed by atoms with Crippen molar-refractivity contribution in [2.24, 2.45) is 11.8 Å². The van der Waals surface area contributed by atoms with Crippen molar-refractivity contribution in [3.63, 3.8) is 0 Å². The highest BCUT2D eigenvalue weighted by atomic mass is 16.6. The Labute approximate surface area is 149 Å². The summed E-state index contributed by atoms with van der Waals surface area (Å²) in [4.78, 5) is 35.8. The van der Waals surface area contributed by atoms with Gasteiger partial charge in [0.1, 0.15) is 5.60 Å². The number of amides is 2. The molecule has 142 valence electrons. The molecule has 2 saturated carbocycles. The number of esters is 1. The minimum Gasteiger partial charge on any atom is -0.469 e. The van der Waals surface area contributed by atoms with Gasteiger partial charge in [-0.3, -0.25) is 9.59 Å². The van der Waals surface area contributed by atoms with Gasteiger partial charge in [-0.2, -0.15) is 0 Å². The number of methoxy groups -OCH3 is 1. The van der Waals surface area contributed by atoms with Crippen LogP contribution in [0.15, 0.2) is 0 Å². The van der Waals surface area contributed by atoms with Crippen molar-refractivity contribution in [3.05, 3.63) is 0 Å². The zero-order valence-electron chi connectivity index (χ0n) is 15.6. The topological polar surface area (TPSA) is 93.7 Å². The Kier molecular flexibility index (Phi) is 6.30. The van der Waals surface area contributed by atoms with E-state index in [-0.39, 0.29) is 35.8 Å². The smallest absolute Gasteiger partial charge is 0.407 e. The lowest BCUT2D eigenvalue weighted by Crippen LogP contribution is -2.40. The van der Waals surface area contributed by atoms with Crippen molar-refractivity contribution in [1.82, 2.24) is 10.6 Å². The monoisotopic (exact) mass is 354 g/mol. The van der Waals surface area contributed by atoms with Crippen LogP contribution in [0.3, 0.4) is 0 Å². The van der Waals surface area contributed by atoms with E-state index in [2.05, 4.69) is 10.6 Å². The number of nitrogens with one attached hydrogen (secondary N) is 2. The van der Waals surface area contributed by atoms with Crippen molar-refractivity contribution < 1.29 is 23.9 Å². The minimum atomic E-state index is -0.530. The zero-order valence-corrected chi connectivity index (χ0v) is 15.6. The second-order valence-corrected chi connectivity index (χ2v) is 8.09. The molecule has 25 heavy (non-hydrogen) atoms. The summed E-state index contributed by atoms with van der Waals surface area (Å²) in [6, 6.07) is 0.00598. The number of rotatable bonds is 4. The molecule has 4 atom stereocenters. The molecule has 2 rings (SSSR count). The summed E-state index contributed by atoms with van der Waals surface area (Å²) in [7, 11) is 1.39. The largest absolute Gasteiger partial charge is 0.469 e. The molecule has 2 N–H and O–H groups in total. The summed E-state index contributed by atoms with van der Waals surface area (Å²) in [5.41, 5.74) is -0.530. The average molecular weight is 354 g/mol. The van der Waals surface area contributed by atoms with Crippen LogP contribution in [-0.2, 0) is 19.1 Å². The van der Waals surface area contributed by atoms with E-state index in [9.17, 15) is 14.4 Å². The van der Waals surface area contributed by atoms with E-state index in [4.69, 9.17) is 9.47 Å². The van der Waals surface area contributed by atoms with E-state index in [0.717, 1.165) is 25.7 Å². The lowest BCUT2D eigenvalue weighted by molar-refractivity contribution is -0.145. The lowest BCUT2D eigenvalue weighted by atomic mass is 10.1. The lowest BCUT2D eigenvalue weighted by Gasteiger charge is -2.22. The summed E-state index contributed by atoms with van der Waals surface area (Å²) < 4.78 is 10.0. The fourth-order valence-corrected chi connectivity index (χ4v) is 3.64. The van der Waals surface area contributed by atoms with Crippen LogP contribution in [-0.4, -0.2) is 42.8 Å². The van der Waals surface area contributed by atoms with Gasteiger partial charge in [-0.25, -0.2) is 4.79 Å². The van der Waals surface area contributed by atoms with Gasteiger partial charge >= 0.3 is 12.1 Å². The first kappa shape index (κ1) is 19.5. The van der Waals surface area contributed by atoms with Gasteiger partial charge in [-0.1, -0.05) is 0 Å². The highest BCUT2D eigenvalue weighted by Gasteiger charge is 2.35. The Morgan fingerprint density at radius 2 is 1.44 bits per heavy atom. The normalized spacial score (nSPS) is 29.1. The summed E-state index contributed by atoms with van der Waals surface area (Å²) >= 11 is 0. The second kappa shape index (κ2) is 8.06. The summed E-state index contributed by atoms with van der Waals surface area (Å²) in [6.45, 7) is 5.46. The van der Waals surface area contributed by atoms with E-state index in [1.54, 1.807) is 0 Å². The predicted octanol–water partition coefficient (Wildman–Crippen LogP) is 2.14. The molecular formula is C18H30N2O5. The minimum absolute atomic E-state index is 0.0176. The van der Waals surface area contributed by atoms with Gasteiger partial charge in [0.15, 0.2) is 0 Å². The molecule has 2 aliphatic rings. The number of carbonyl (C=O) groups is 3. The average Bonchev–Trinajstić information content (AvgIpc) is 3.13. The van der Waals surface area contributed by atoms with Gasteiger partial charge in [0.25, 0.3) is 0 Å². The van der Waals surface area contributed by atoms with E-state index < -0.39 is 11.7 Å². The highest BCUT2D eigenvalue weighted by Crippen LogP contribution is 2.29. The van der Waals surface area contributed by atoms with Gasteiger partial charge < -0.3 is 20.1 Å². The molecule has 0 aliphatic heterocycles. The number of ether oxygens (including phenoxy) is 2. The molecule has 0 aromatic carbocycles. The van der Waals surface area contributed by atoms with Crippen LogP contribution in [0, 0.1) is 11.8 Å².